The van der Waals surface area contributed by atoms with E-state index in [0.717, 1.165) is 11.2 Å². The molecule has 2 saturated heterocycles. The molecule has 2 aromatic carbocycles. The molecule has 0 bridgehead atoms. The fourth-order valence-corrected chi connectivity index (χ4v) is 9.98. The number of benzene rings is 2. The van der Waals surface area contributed by atoms with Crippen LogP contribution < -0.4 is 26.2 Å². The Morgan fingerprint density at radius 1 is 1.07 bits per heavy atom. The van der Waals surface area contributed by atoms with Crippen LogP contribution in [0.25, 0.3) is 5.57 Å². The van der Waals surface area contributed by atoms with E-state index in [-0.39, 0.29) is 70.7 Å². The normalized spacial score (nSPS) is 21.0. The van der Waals surface area contributed by atoms with Crippen LogP contribution in [0, 0.1) is 28.4 Å². The highest BCUT2D eigenvalue weighted by Crippen LogP contribution is 2.53. The van der Waals surface area contributed by atoms with Crippen LogP contribution in [0.2, 0.25) is 10.0 Å². The number of nitriles is 1. The highest BCUT2D eigenvalue weighted by atomic mass is 35.5. The van der Waals surface area contributed by atoms with Gasteiger partial charge in [-0.1, -0.05) is 68.8 Å². The largest absolute Gasteiger partial charge is 0.495 e. The van der Waals surface area contributed by atoms with E-state index in [1.54, 1.807) is 5.38 Å². The highest BCUT2D eigenvalue weighted by molar-refractivity contribution is 7.13. The van der Waals surface area contributed by atoms with Crippen molar-refractivity contribution in [1.29, 1.82) is 5.26 Å². The first-order valence-electron chi connectivity index (χ1n) is 22.6. The lowest BCUT2D eigenvalue weighted by Crippen LogP contribution is -2.45. The van der Waals surface area contributed by atoms with Gasteiger partial charge in [0.15, 0.2) is 23.3 Å². The monoisotopic (exact) mass is 1030 g/mol. The molecule has 3 amide bonds. The van der Waals surface area contributed by atoms with Gasteiger partial charge in [-0.3, -0.25) is 14.4 Å². The number of methoxy groups -OCH3 is 1. The molecule has 374 valence electrons. The first kappa shape index (κ1) is 53.6. The van der Waals surface area contributed by atoms with Gasteiger partial charge in [-0.2, -0.15) is 9.65 Å². The van der Waals surface area contributed by atoms with Gasteiger partial charge in [0.2, 0.25) is 11.8 Å². The van der Waals surface area contributed by atoms with Crippen LogP contribution >= 0.6 is 34.5 Å². The van der Waals surface area contributed by atoms with E-state index in [2.05, 4.69) is 43.8 Å². The zero-order valence-corrected chi connectivity index (χ0v) is 41.5. The number of thiazole rings is 1. The summed E-state index contributed by atoms with van der Waals surface area (Å²) >= 11 is 13.8. The Morgan fingerprint density at radius 3 is 2.47 bits per heavy atom. The number of halogens is 6. The fourth-order valence-electron chi connectivity index (χ4n) is 8.75. The number of amides is 3. The summed E-state index contributed by atoms with van der Waals surface area (Å²) < 4.78 is 78.0. The summed E-state index contributed by atoms with van der Waals surface area (Å²) in [6.07, 6.45) is 4.95. The van der Waals surface area contributed by atoms with E-state index in [1.807, 2.05) is 20.8 Å². The summed E-state index contributed by atoms with van der Waals surface area (Å²) in [5, 5.41) is 24.9. The number of ether oxygens (including phenoxy) is 3. The van der Waals surface area contributed by atoms with Crippen molar-refractivity contribution in [3.05, 3.63) is 134 Å². The van der Waals surface area contributed by atoms with Crippen LogP contribution in [0.5, 0.6) is 0 Å². The quantitative estimate of drug-likeness (QED) is 0.0299. The van der Waals surface area contributed by atoms with Gasteiger partial charge in [0, 0.05) is 72.2 Å². The van der Waals surface area contributed by atoms with Crippen LogP contribution in [0.4, 0.5) is 22.7 Å². The summed E-state index contributed by atoms with van der Waals surface area (Å²) in [5.74, 6) is -7.23. The Morgan fingerprint density at radius 2 is 1.80 bits per heavy atom. The molecule has 2 fully saturated rings. The average Bonchev–Trinajstić information content (AvgIpc) is 3.94. The summed E-state index contributed by atoms with van der Waals surface area (Å²) in [6.45, 7) is 11.9. The summed E-state index contributed by atoms with van der Waals surface area (Å²) in [7, 11) is 1.31. The van der Waals surface area contributed by atoms with Crippen molar-refractivity contribution < 1.29 is 46.2 Å². The molecule has 0 saturated carbocycles. The maximum Gasteiger partial charge on any atom is 0.257 e. The number of carbonyl (C=O) groups excluding carboxylic acids is 3. The molecule has 0 radical (unpaired) electrons. The van der Waals surface area contributed by atoms with Gasteiger partial charge >= 0.3 is 0 Å². The fraction of sp³-hybridized carbons (Fsp3) is 0.420. The average molecular weight is 1030 g/mol. The maximum absolute atomic E-state index is 16.1. The third-order valence-corrected chi connectivity index (χ3v) is 13.5. The second-order valence-corrected chi connectivity index (χ2v) is 19.7. The molecule has 3 aliphatic rings. The number of nitrogens with zero attached hydrogens (tertiary/aromatic N) is 3. The van der Waals surface area contributed by atoms with E-state index in [0.29, 0.717) is 50.4 Å². The molecule has 2 aliphatic heterocycles. The van der Waals surface area contributed by atoms with Gasteiger partial charge in [0.05, 0.1) is 48.8 Å². The van der Waals surface area contributed by atoms with Crippen LogP contribution in [0.15, 0.2) is 95.5 Å². The molecule has 6 rings (SSSR count). The van der Waals surface area contributed by atoms with Crippen molar-refractivity contribution in [2.24, 2.45) is 5.41 Å². The number of unbranched alkanes of at least 4 members (excludes halogenated alkanes) is 1. The lowest BCUT2D eigenvalue weighted by atomic mass is 9.62. The zero-order valence-electron chi connectivity index (χ0n) is 39.2. The number of aromatic nitrogens is 1. The number of carbonyl (C=O) groups is 3. The lowest BCUT2D eigenvalue weighted by Gasteiger charge is -2.37. The van der Waals surface area contributed by atoms with Gasteiger partial charge in [0.1, 0.15) is 28.6 Å². The topological polar surface area (TPSA) is 167 Å². The van der Waals surface area contributed by atoms with Crippen molar-refractivity contribution in [2.75, 3.05) is 58.0 Å². The molecule has 1 aromatic heterocycles. The minimum Gasteiger partial charge on any atom is -0.495 e. The van der Waals surface area contributed by atoms with Crippen molar-refractivity contribution in [3.8, 4) is 6.07 Å². The Kier molecular flexibility index (Phi) is 18.3. The van der Waals surface area contributed by atoms with Crippen molar-refractivity contribution in [2.45, 2.75) is 76.3 Å². The minimum atomic E-state index is -1.86. The van der Waals surface area contributed by atoms with Crippen LogP contribution in [0.1, 0.15) is 75.6 Å². The predicted octanol–water partition coefficient (Wildman–Crippen LogP) is 8.99. The van der Waals surface area contributed by atoms with E-state index < -0.39 is 76.4 Å². The molecule has 1 unspecified atom stereocenters. The standard InChI is InChI=1S/C50H55Cl2F4N7O6S/c1-6-36(60-47(66)45-42(31-10-9-11-33(52)43(31)55)50(28-57,39(62-45)25-49(2,3)4)32-14-12-29(51)24-35(32)54)38(67-5)16-17-40(64)58-18-7-8-19-59-41(65)26-69-46-30(13-15-34(53)44(46)56)37-27-70-48(61-37)63-20-22-68-23-21-63/h6,9-12,14,16-17,24,27,39,42,45,62H,1,7-8,13,15,18-23,25-26H2,2-5H3,(H,58,64)(H,59,65)(H,60,66)/b17-16+,38-36-/t39-,42-,45?,50-/m0/s1. The minimum absolute atomic E-state index is 0.0204. The second-order valence-electron chi connectivity index (χ2n) is 18.0. The third-order valence-electron chi connectivity index (χ3n) is 12.0. The van der Waals surface area contributed by atoms with E-state index in [1.165, 1.54) is 67.0 Å². The van der Waals surface area contributed by atoms with E-state index >= 15 is 13.2 Å². The van der Waals surface area contributed by atoms with Crippen molar-refractivity contribution in [1.82, 2.24) is 26.3 Å². The summed E-state index contributed by atoms with van der Waals surface area (Å²) in [5.41, 5.74) is -1.60. The molecule has 3 aromatic rings. The third kappa shape index (κ3) is 12.6. The van der Waals surface area contributed by atoms with Gasteiger partial charge in [-0.25, -0.2) is 18.2 Å². The summed E-state index contributed by atoms with van der Waals surface area (Å²) in [4.78, 5) is 46.7. The molecule has 1 aliphatic carbocycles. The van der Waals surface area contributed by atoms with Gasteiger partial charge in [0.25, 0.3) is 5.91 Å². The maximum atomic E-state index is 16.1. The molecule has 3 heterocycles. The van der Waals surface area contributed by atoms with Crippen molar-refractivity contribution in [3.63, 3.8) is 0 Å². The Hall–Kier alpha value is -5.71. The molecule has 0 spiro atoms. The molecular formula is C50H55Cl2F4N7O6S. The first-order valence-corrected chi connectivity index (χ1v) is 24.3. The summed E-state index contributed by atoms with van der Waals surface area (Å²) in [6, 6.07) is 8.17. The number of hydrogen-bond donors (Lipinski definition) is 4. The van der Waals surface area contributed by atoms with E-state index in [4.69, 9.17) is 37.4 Å². The molecule has 70 heavy (non-hydrogen) atoms. The molecule has 4 atom stereocenters. The second kappa shape index (κ2) is 23.9. The van der Waals surface area contributed by atoms with Crippen LogP contribution in [0.3, 0.4) is 0 Å². The van der Waals surface area contributed by atoms with Crippen LogP contribution in [-0.2, 0) is 34.0 Å². The number of anilines is 1. The molecule has 4 N–H and O–H groups in total. The predicted molar refractivity (Wildman–Crippen MR) is 261 cm³/mol. The lowest BCUT2D eigenvalue weighted by molar-refractivity contribution is -0.124. The highest BCUT2D eigenvalue weighted by Gasteiger charge is 2.61. The number of hydrogen-bond acceptors (Lipinski definition) is 11. The number of allylic oxidation sites excluding steroid dienone is 5. The van der Waals surface area contributed by atoms with Gasteiger partial charge in [-0.15, -0.1) is 11.3 Å². The Labute approximate surface area is 418 Å². The number of morpholine rings is 1. The van der Waals surface area contributed by atoms with Gasteiger partial charge in [-0.05, 0) is 67.0 Å². The smallest absolute Gasteiger partial charge is 0.257 e. The SMILES string of the molecule is C=C/C(NC(=O)C1N[C@@H](CC(C)(C)C)[C@](C#N)(c2ccc(Cl)cc2F)[C@H]1c1cccc(Cl)c1F)=C(\C=C\C(=O)NCCCCNC(=O)COC1=C(c2csc(N3CCOCC3)n2)CCC(F)=C1F)OC. The number of rotatable bonds is 19. The first-order chi connectivity index (χ1) is 33.4. The Balaban J connectivity index is 1.06. The van der Waals surface area contributed by atoms with Gasteiger partial charge < -0.3 is 40.4 Å². The van der Waals surface area contributed by atoms with E-state index in [9.17, 15) is 24.0 Å². The molecular weight excluding hydrogens is 974 g/mol. The molecule has 13 nitrogen and oxygen atoms in total. The number of nitrogens with one attached hydrogen (secondary N) is 4. The zero-order chi connectivity index (χ0) is 50.8. The molecule has 20 heteroatoms. The van der Waals surface area contributed by atoms with Crippen molar-refractivity contribution >= 4 is 63.0 Å². The Bertz CT molecular complexity index is 2620. The van der Waals surface area contributed by atoms with Crippen LogP contribution in [-0.4, -0.2) is 87.9 Å².